The first-order chi connectivity index (χ1) is 36.2. The number of fused-ring (bicyclic) bond motifs is 3. The van der Waals surface area contributed by atoms with Crippen molar-refractivity contribution in [2.45, 2.75) is 78.6 Å². The third-order valence-electron chi connectivity index (χ3n) is 12.0. The maximum absolute atomic E-state index is 9.13. The quantitative estimate of drug-likeness (QED) is 0.113. The molecule has 0 aliphatic rings. The number of benzene rings is 7. The van der Waals surface area contributed by atoms with Crippen molar-refractivity contribution in [3.05, 3.63) is 205 Å². The van der Waals surface area contributed by atoms with Crippen LogP contribution in [0.5, 0.6) is 11.5 Å². The normalized spacial score (nSPS) is 14.1. The monoisotopic (exact) mass is 1080 g/mol. The molecule has 68 heavy (non-hydrogen) atoms. The summed E-state index contributed by atoms with van der Waals surface area (Å²) in [4.78, 5) is 4.85. The van der Waals surface area contributed by atoms with E-state index in [9.17, 15) is 0 Å². The number of rotatable bonds is 8. The zero-order valence-electron chi connectivity index (χ0n) is 49.4. The first kappa shape index (κ1) is 35.3. The average molecular weight is 1080 g/mol. The van der Waals surface area contributed by atoms with E-state index in [1.807, 2.05) is 72.9 Å². The van der Waals surface area contributed by atoms with Crippen LogP contribution < -0.4 is 9.42 Å². The largest absolute Gasteiger partial charge is 0.510 e. The summed E-state index contributed by atoms with van der Waals surface area (Å²) >= 11 is 0. The number of hydrogen-bond acceptors (Lipinski definition) is 3. The van der Waals surface area contributed by atoms with Gasteiger partial charge in [-0.3, -0.25) is 0 Å². The Morgan fingerprint density at radius 3 is 1.84 bits per heavy atom. The van der Waals surface area contributed by atoms with E-state index in [0.29, 0.717) is 28.6 Å². The molecule has 0 radical (unpaired) electrons. The van der Waals surface area contributed by atoms with Crippen LogP contribution in [-0.4, -0.2) is 19.2 Å². The SMILES string of the molecule is [2H]c1c([2H])c([2H])c(-c2cccc(-c3c([2H])c([2H])c([2H])c([2H])c3[2H])c2-[n+]2[c-]n(-c3[c-]c(Oc4[c-]c5c(cc4)c4ccccc4n5-c4cc(C(C)(C)C)ccn4)cc(C(C)(C)C)c3)c(-c3ccc(C(C)(C)C)cc3)n2)c([2H])c1[2H].[Pt]. The van der Waals surface area contributed by atoms with Crippen molar-refractivity contribution in [1.29, 1.82) is 0 Å². The molecule has 0 unspecified atom stereocenters. The van der Waals surface area contributed by atoms with E-state index in [-0.39, 0.29) is 59.8 Å². The first-order valence-electron chi connectivity index (χ1n) is 27.3. The zero-order chi connectivity index (χ0) is 55.4. The van der Waals surface area contributed by atoms with E-state index in [2.05, 4.69) is 104 Å². The molecule has 0 saturated heterocycles. The minimum absolute atomic E-state index is 0. The van der Waals surface area contributed by atoms with Crippen molar-refractivity contribution in [1.82, 2.24) is 19.2 Å². The number of para-hydroxylation sites is 2. The van der Waals surface area contributed by atoms with Gasteiger partial charge in [-0.15, -0.1) is 34.8 Å². The summed E-state index contributed by atoms with van der Waals surface area (Å²) in [5.41, 5.74) is 4.94. The number of pyridine rings is 1. The minimum Gasteiger partial charge on any atom is -0.510 e. The van der Waals surface area contributed by atoms with Crippen LogP contribution in [0.3, 0.4) is 0 Å². The van der Waals surface area contributed by atoms with Crippen LogP contribution in [0.1, 0.15) is 92.7 Å². The Kier molecular flexibility index (Phi) is 9.33. The summed E-state index contributed by atoms with van der Waals surface area (Å²) in [5, 5.41) is 7.20. The average Bonchev–Trinajstić information content (AvgIpc) is 4.19. The molecule has 0 aliphatic carbocycles. The van der Waals surface area contributed by atoms with Gasteiger partial charge in [-0.25, -0.2) is 4.98 Å². The molecule has 0 spiro atoms. The van der Waals surface area contributed by atoms with Gasteiger partial charge in [0.2, 0.25) is 0 Å². The summed E-state index contributed by atoms with van der Waals surface area (Å²) in [6.07, 6.45) is 5.23. The Bertz CT molecular complexity index is 3890. The third kappa shape index (κ3) is 8.98. The number of aromatic nitrogens is 5. The van der Waals surface area contributed by atoms with Gasteiger partial charge in [-0.05, 0) is 73.2 Å². The van der Waals surface area contributed by atoms with Gasteiger partial charge in [-0.1, -0.05) is 195 Å². The molecule has 0 saturated carbocycles. The second kappa shape index (κ2) is 18.0. The maximum atomic E-state index is 9.13. The van der Waals surface area contributed by atoms with Crippen LogP contribution in [0, 0.1) is 18.5 Å². The van der Waals surface area contributed by atoms with Gasteiger partial charge in [0, 0.05) is 49.8 Å². The van der Waals surface area contributed by atoms with Crippen molar-refractivity contribution in [2.24, 2.45) is 0 Å². The molecule has 10 aromatic rings. The van der Waals surface area contributed by atoms with Crippen LogP contribution in [-0.2, 0) is 37.3 Å². The fraction of sp³-hybridized carbons (Fsp3) is 0.197. The number of nitrogens with zero attached hydrogens (tertiary/aromatic N) is 5. The van der Waals surface area contributed by atoms with Gasteiger partial charge in [0.1, 0.15) is 5.82 Å². The third-order valence-corrected chi connectivity index (χ3v) is 12.0. The number of ether oxygens (including phenoxy) is 1. The summed E-state index contributed by atoms with van der Waals surface area (Å²) in [5.74, 6) is 1.85. The second-order valence-corrected chi connectivity index (χ2v) is 19.8. The van der Waals surface area contributed by atoms with Crippen LogP contribution in [0.25, 0.3) is 72.6 Å². The predicted octanol–water partition coefficient (Wildman–Crippen LogP) is 14.7. The van der Waals surface area contributed by atoms with Gasteiger partial charge in [0.25, 0.3) is 6.33 Å². The van der Waals surface area contributed by atoms with Crippen LogP contribution >= 0.6 is 0 Å². The van der Waals surface area contributed by atoms with E-state index < -0.39 is 65.8 Å². The molecular weight excluding hydrogens is 1010 g/mol. The first-order valence-corrected chi connectivity index (χ1v) is 22.3. The van der Waals surface area contributed by atoms with Crippen molar-refractivity contribution in [3.63, 3.8) is 0 Å². The Morgan fingerprint density at radius 1 is 0.574 bits per heavy atom. The predicted molar refractivity (Wildman–Crippen MR) is 273 cm³/mol. The van der Waals surface area contributed by atoms with Gasteiger partial charge >= 0.3 is 0 Å². The van der Waals surface area contributed by atoms with Gasteiger partial charge < -0.3 is 13.9 Å². The molecule has 0 fully saturated rings. The topological polar surface area (TPSA) is 48.8 Å². The molecule has 0 aliphatic heterocycles. The molecule has 342 valence electrons. The molecule has 6 nitrogen and oxygen atoms in total. The molecule has 0 bridgehead atoms. The molecule has 3 aromatic heterocycles. The molecule has 10 rings (SSSR count). The Labute approximate surface area is 429 Å². The van der Waals surface area contributed by atoms with Crippen LogP contribution in [0.4, 0.5) is 0 Å². The zero-order valence-corrected chi connectivity index (χ0v) is 41.6. The Morgan fingerprint density at radius 2 is 1.21 bits per heavy atom. The van der Waals surface area contributed by atoms with Crippen molar-refractivity contribution in [3.8, 4) is 62.3 Å². The Hall–Kier alpha value is -6.88. The summed E-state index contributed by atoms with van der Waals surface area (Å²) in [7, 11) is 0. The summed E-state index contributed by atoms with van der Waals surface area (Å²) in [6.45, 7) is 19.1. The standard InChI is InChI=1S/C61H55N5O.Pt/c1-59(2,3)44-29-27-43(28-30-44)58-63-65(57-50(41-19-12-10-13-20-41)24-18-25-51(57)42-21-14-11-15-22-42)40-64(58)47-35-46(61(7,8)9)36-49(38-47)67-48-31-32-53-52-23-16-17-26-54(52)66(55(53)39-48)56-37-45(33-34-62-56)60(4,5)6;/h10-37H,1-9H3;/q-2;/i10D,11D,12D,13D,14D,15D,19D,20D,21D,22D;. The van der Waals surface area contributed by atoms with Gasteiger partial charge in [0.15, 0.2) is 5.82 Å². The summed E-state index contributed by atoms with van der Waals surface area (Å²) in [6, 6.07) is 34.2. The molecule has 7 aromatic carbocycles. The second-order valence-electron chi connectivity index (χ2n) is 19.8. The summed E-state index contributed by atoms with van der Waals surface area (Å²) < 4.78 is 100.0. The van der Waals surface area contributed by atoms with Gasteiger partial charge in [-0.2, -0.15) is 22.4 Å². The molecule has 0 N–H and O–H groups in total. The number of hydrogen-bond donors (Lipinski definition) is 0. The molecule has 0 amide bonds. The molecule has 3 heterocycles. The smallest absolute Gasteiger partial charge is 0.272 e. The van der Waals surface area contributed by atoms with Crippen LogP contribution in [0.2, 0.25) is 0 Å². The van der Waals surface area contributed by atoms with Crippen molar-refractivity contribution < 1.29 is 44.2 Å². The Balaban J connectivity index is 0.00000740. The maximum Gasteiger partial charge on any atom is 0.272 e. The molecule has 0 atom stereocenters. The van der Waals surface area contributed by atoms with Crippen LogP contribution in [0.15, 0.2) is 170 Å². The fourth-order valence-corrected chi connectivity index (χ4v) is 8.26. The molecule has 7 heteroatoms. The van der Waals surface area contributed by atoms with E-state index >= 15 is 0 Å². The fourth-order valence-electron chi connectivity index (χ4n) is 8.26. The van der Waals surface area contributed by atoms with Crippen molar-refractivity contribution in [2.75, 3.05) is 0 Å². The van der Waals surface area contributed by atoms with Crippen molar-refractivity contribution >= 4 is 21.8 Å². The van der Waals surface area contributed by atoms with E-state index in [1.54, 1.807) is 22.8 Å². The van der Waals surface area contributed by atoms with Gasteiger partial charge in [0.05, 0.1) is 19.4 Å². The minimum atomic E-state index is -0.591. The molecular formula is C61H55N5OPt-2. The van der Waals surface area contributed by atoms with E-state index in [0.717, 1.165) is 44.3 Å². The van der Waals surface area contributed by atoms with E-state index in [1.165, 1.54) is 4.68 Å². The van der Waals surface area contributed by atoms with E-state index in [4.69, 9.17) is 28.5 Å².